The van der Waals surface area contributed by atoms with Crippen LogP contribution in [0.4, 0.5) is 5.82 Å². The van der Waals surface area contributed by atoms with Crippen LogP contribution in [-0.2, 0) is 4.79 Å². The van der Waals surface area contributed by atoms with E-state index in [0.29, 0.717) is 11.6 Å². The number of nitrogens with zero attached hydrogens (tertiary/aromatic N) is 2. The monoisotopic (exact) mass is 336 g/mol. The van der Waals surface area contributed by atoms with Crippen molar-refractivity contribution in [2.45, 2.75) is 6.92 Å². The van der Waals surface area contributed by atoms with Gasteiger partial charge in [0.15, 0.2) is 0 Å². The van der Waals surface area contributed by atoms with Crippen molar-refractivity contribution in [3.8, 4) is 22.8 Å². The maximum absolute atomic E-state index is 11.7. The van der Waals surface area contributed by atoms with Gasteiger partial charge in [0.05, 0.1) is 18.5 Å². The Morgan fingerprint density at radius 1 is 1.29 bits per heavy atom. The van der Waals surface area contributed by atoms with E-state index in [4.69, 9.17) is 6.42 Å². The van der Waals surface area contributed by atoms with Crippen LogP contribution in [0.2, 0.25) is 0 Å². The van der Waals surface area contributed by atoms with Crippen molar-refractivity contribution in [3.05, 3.63) is 42.2 Å². The molecule has 0 saturated heterocycles. The summed E-state index contributed by atoms with van der Waals surface area (Å²) in [6, 6.07) is 12.2. The first-order valence-electron chi connectivity index (χ1n) is 7.45. The zero-order chi connectivity index (χ0) is 16.9. The lowest BCUT2D eigenvalue weighted by Gasteiger charge is -2.07. The first-order chi connectivity index (χ1) is 11.7. The molecule has 1 amide bonds. The normalized spacial score (nSPS) is 10.3. The molecule has 1 aromatic carbocycles. The Morgan fingerprint density at radius 2 is 2.08 bits per heavy atom. The highest BCUT2D eigenvalue weighted by Crippen LogP contribution is 2.35. The lowest BCUT2D eigenvalue weighted by Crippen LogP contribution is -2.30. The van der Waals surface area contributed by atoms with Crippen LogP contribution in [0.1, 0.15) is 5.82 Å². The molecule has 0 atom stereocenters. The molecule has 120 valence electrons. The van der Waals surface area contributed by atoms with E-state index >= 15 is 0 Å². The topological polar surface area (TPSA) is 66.9 Å². The van der Waals surface area contributed by atoms with Gasteiger partial charge in [-0.2, -0.15) is 0 Å². The number of terminal acetylenes is 1. The second kappa shape index (κ2) is 7.11. The second-order valence-electron chi connectivity index (χ2n) is 5.15. The minimum Gasteiger partial charge on any atom is -0.360 e. The lowest BCUT2D eigenvalue weighted by molar-refractivity contribution is -0.119. The molecule has 5 nitrogen and oxygen atoms in total. The van der Waals surface area contributed by atoms with Gasteiger partial charge in [-0.25, -0.2) is 9.97 Å². The van der Waals surface area contributed by atoms with Gasteiger partial charge in [-0.3, -0.25) is 4.79 Å². The standard InChI is InChI=1S/C18H16N4OS/c1-3-9-19-16(23)11-20-17-14-10-15(13-7-5-4-6-8-13)24-18(14)22-12(2)21-17/h1,4-8,10H,9,11H2,2H3,(H,19,23)(H,20,21,22). The zero-order valence-electron chi connectivity index (χ0n) is 13.2. The van der Waals surface area contributed by atoms with Crippen LogP contribution in [0.15, 0.2) is 36.4 Å². The summed E-state index contributed by atoms with van der Waals surface area (Å²) in [4.78, 5) is 22.6. The van der Waals surface area contributed by atoms with Crippen LogP contribution >= 0.6 is 11.3 Å². The van der Waals surface area contributed by atoms with Gasteiger partial charge in [0.25, 0.3) is 0 Å². The summed E-state index contributed by atoms with van der Waals surface area (Å²) < 4.78 is 0. The Hall–Kier alpha value is -2.91. The number of carbonyl (C=O) groups excluding carboxylic acids is 1. The average Bonchev–Trinajstić information content (AvgIpc) is 3.02. The summed E-state index contributed by atoms with van der Waals surface area (Å²) in [5.74, 6) is 3.52. The molecular formula is C18H16N4OS. The number of thiophene rings is 1. The number of hydrogen-bond acceptors (Lipinski definition) is 5. The number of benzene rings is 1. The molecule has 2 N–H and O–H groups in total. The molecule has 0 aliphatic heterocycles. The van der Waals surface area contributed by atoms with Gasteiger partial charge in [0, 0.05) is 4.88 Å². The van der Waals surface area contributed by atoms with Gasteiger partial charge < -0.3 is 10.6 Å². The molecule has 0 aliphatic rings. The number of fused-ring (bicyclic) bond motifs is 1. The Bertz CT molecular complexity index is 912. The molecule has 0 unspecified atom stereocenters. The van der Waals surface area contributed by atoms with E-state index < -0.39 is 0 Å². The van der Waals surface area contributed by atoms with Crippen molar-refractivity contribution in [2.75, 3.05) is 18.4 Å². The van der Waals surface area contributed by atoms with Gasteiger partial charge in [-0.05, 0) is 18.6 Å². The first kappa shape index (κ1) is 16.0. The molecule has 24 heavy (non-hydrogen) atoms. The minimum atomic E-state index is -0.170. The fourth-order valence-electron chi connectivity index (χ4n) is 2.28. The molecule has 0 saturated carbocycles. The molecule has 0 aliphatic carbocycles. The van der Waals surface area contributed by atoms with E-state index in [1.165, 1.54) is 0 Å². The number of carbonyl (C=O) groups is 1. The van der Waals surface area contributed by atoms with Crippen LogP contribution in [0.5, 0.6) is 0 Å². The van der Waals surface area contributed by atoms with Gasteiger partial charge in [-0.15, -0.1) is 17.8 Å². The molecular weight excluding hydrogens is 320 g/mol. The van der Waals surface area contributed by atoms with Gasteiger partial charge in [0.1, 0.15) is 16.5 Å². The number of nitrogens with one attached hydrogen (secondary N) is 2. The molecule has 6 heteroatoms. The molecule has 0 spiro atoms. The SMILES string of the molecule is C#CCNC(=O)CNc1nc(C)nc2sc(-c3ccccc3)cc12. The van der Waals surface area contributed by atoms with Crippen LogP contribution in [0, 0.1) is 19.3 Å². The van der Waals surface area contributed by atoms with Crippen molar-refractivity contribution >= 4 is 33.3 Å². The predicted octanol–water partition coefficient (Wildman–Crippen LogP) is 2.83. The van der Waals surface area contributed by atoms with E-state index in [0.717, 1.165) is 20.7 Å². The molecule has 2 aromatic heterocycles. The number of hydrogen-bond donors (Lipinski definition) is 2. The van der Waals surface area contributed by atoms with E-state index in [1.54, 1.807) is 11.3 Å². The molecule has 0 radical (unpaired) electrons. The van der Waals surface area contributed by atoms with Crippen LogP contribution in [0.25, 0.3) is 20.7 Å². The fourth-order valence-corrected chi connectivity index (χ4v) is 3.37. The third kappa shape index (κ3) is 3.53. The van der Waals surface area contributed by atoms with Gasteiger partial charge in [-0.1, -0.05) is 36.3 Å². The van der Waals surface area contributed by atoms with Crippen LogP contribution < -0.4 is 10.6 Å². The maximum atomic E-state index is 11.7. The summed E-state index contributed by atoms with van der Waals surface area (Å²) >= 11 is 1.61. The average molecular weight is 336 g/mol. The fraction of sp³-hybridized carbons (Fsp3) is 0.167. The largest absolute Gasteiger partial charge is 0.360 e. The number of amides is 1. The predicted molar refractivity (Wildman–Crippen MR) is 97.9 cm³/mol. The van der Waals surface area contributed by atoms with Crippen LogP contribution in [-0.4, -0.2) is 29.0 Å². The van der Waals surface area contributed by atoms with Crippen molar-refractivity contribution in [2.24, 2.45) is 0 Å². The Kier molecular flexibility index (Phi) is 4.73. The molecule has 0 bridgehead atoms. The zero-order valence-corrected chi connectivity index (χ0v) is 14.0. The van der Waals surface area contributed by atoms with Gasteiger partial charge in [0.2, 0.25) is 5.91 Å². The maximum Gasteiger partial charge on any atom is 0.240 e. The summed E-state index contributed by atoms with van der Waals surface area (Å²) in [5.41, 5.74) is 1.14. The third-order valence-electron chi connectivity index (χ3n) is 3.37. The number of aryl methyl sites for hydroxylation is 1. The van der Waals surface area contributed by atoms with Crippen molar-refractivity contribution < 1.29 is 4.79 Å². The smallest absolute Gasteiger partial charge is 0.240 e. The molecule has 0 fully saturated rings. The van der Waals surface area contributed by atoms with E-state index in [9.17, 15) is 4.79 Å². The highest BCUT2D eigenvalue weighted by Gasteiger charge is 2.12. The Morgan fingerprint density at radius 3 is 2.83 bits per heavy atom. The Balaban J connectivity index is 1.89. The second-order valence-corrected chi connectivity index (χ2v) is 6.18. The van der Waals surface area contributed by atoms with Crippen molar-refractivity contribution in [1.29, 1.82) is 0 Å². The molecule has 3 aromatic rings. The first-order valence-corrected chi connectivity index (χ1v) is 8.26. The molecule has 3 rings (SSSR count). The van der Waals surface area contributed by atoms with E-state index in [-0.39, 0.29) is 19.0 Å². The van der Waals surface area contributed by atoms with Crippen molar-refractivity contribution in [3.63, 3.8) is 0 Å². The van der Waals surface area contributed by atoms with E-state index in [1.807, 2.05) is 25.1 Å². The Labute approximate surface area is 144 Å². The van der Waals surface area contributed by atoms with Crippen molar-refractivity contribution in [1.82, 2.24) is 15.3 Å². The lowest BCUT2D eigenvalue weighted by atomic mass is 10.2. The number of anilines is 1. The summed E-state index contributed by atoms with van der Waals surface area (Å²) in [6.45, 7) is 2.17. The summed E-state index contributed by atoms with van der Waals surface area (Å²) in [7, 11) is 0. The van der Waals surface area contributed by atoms with Gasteiger partial charge >= 0.3 is 0 Å². The summed E-state index contributed by atoms with van der Waals surface area (Å²) in [5, 5.41) is 6.61. The van der Waals surface area contributed by atoms with E-state index in [2.05, 4.69) is 44.7 Å². The number of rotatable bonds is 5. The quantitative estimate of drug-likeness (QED) is 0.703. The highest BCUT2D eigenvalue weighted by atomic mass is 32.1. The molecule has 2 heterocycles. The number of aromatic nitrogens is 2. The third-order valence-corrected chi connectivity index (χ3v) is 4.44. The highest BCUT2D eigenvalue weighted by molar-refractivity contribution is 7.21. The minimum absolute atomic E-state index is 0.115. The summed E-state index contributed by atoms with van der Waals surface area (Å²) in [6.07, 6.45) is 5.13. The van der Waals surface area contributed by atoms with Crippen LogP contribution in [0.3, 0.4) is 0 Å².